The van der Waals surface area contributed by atoms with Gasteiger partial charge in [-0.25, -0.2) is 0 Å². The molecule has 2 saturated heterocycles. The molecule has 0 saturated carbocycles. The predicted octanol–water partition coefficient (Wildman–Crippen LogP) is 4.72. The number of rotatable bonds is 9. The number of aliphatic hydroxyl groups excluding tert-OH is 1. The van der Waals surface area contributed by atoms with E-state index in [2.05, 4.69) is 36.2 Å². The Hall–Kier alpha value is -2.62. The minimum atomic E-state index is -4.41. The summed E-state index contributed by atoms with van der Waals surface area (Å²) in [5, 5.41) is 12.1. The third-order valence-corrected chi connectivity index (χ3v) is 7.88. The van der Waals surface area contributed by atoms with E-state index in [9.17, 15) is 18.0 Å². The van der Waals surface area contributed by atoms with Crippen molar-refractivity contribution in [2.75, 3.05) is 45.9 Å². The maximum absolute atomic E-state index is 13.1. The minimum Gasteiger partial charge on any atom is -0.492 e. The lowest BCUT2D eigenvalue weighted by atomic mass is 9.86. The number of hydrogen-bond donors (Lipinski definition) is 2. The number of nitrogens with one attached hydrogen (secondary N) is 1. The third kappa shape index (κ3) is 6.50. The van der Waals surface area contributed by atoms with E-state index in [-0.39, 0.29) is 24.6 Å². The van der Waals surface area contributed by atoms with Gasteiger partial charge in [-0.3, -0.25) is 9.69 Å². The van der Waals surface area contributed by atoms with Gasteiger partial charge in [0.15, 0.2) is 0 Å². The molecule has 0 aliphatic carbocycles. The zero-order chi connectivity index (χ0) is 27.3. The summed E-state index contributed by atoms with van der Waals surface area (Å²) in [4.78, 5) is 17.4. The lowest BCUT2D eigenvalue weighted by molar-refractivity contribution is -0.137. The monoisotopic (exact) mass is 533 g/mol. The van der Waals surface area contributed by atoms with Gasteiger partial charge in [0.2, 0.25) is 0 Å². The zero-order valence-electron chi connectivity index (χ0n) is 22.2. The van der Waals surface area contributed by atoms with Crippen LogP contribution in [0.5, 0.6) is 5.75 Å². The van der Waals surface area contributed by atoms with Gasteiger partial charge in [-0.05, 0) is 93.1 Å². The largest absolute Gasteiger partial charge is 0.492 e. The number of ether oxygens (including phenoxy) is 1. The van der Waals surface area contributed by atoms with Crippen LogP contribution in [0.1, 0.15) is 64.3 Å². The van der Waals surface area contributed by atoms with Gasteiger partial charge >= 0.3 is 6.18 Å². The molecular formula is C29H38F3N3O3. The van der Waals surface area contributed by atoms with Crippen molar-refractivity contribution >= 4 is 5.91 Å². The molecule has 1 amide bonds. The van der Waals surface area contributed by atoms with E-state index in [1.54, 1.807) is 4.90 Å². The van der Waals surface area contributed by atoms with Gasteiger partial charge in [0.05, 0.1) is 5.56 Å². The van der Waals surface area contributed by atoms with E-state index in [1.165, 1.54) is 23.3 Å². The molecule has 2 aliphatic rings. The Bertz CT molecular complexity index is 1090. The van der Waals surface area contributed by atoms with Crippen LogP contribution in [0.3, 0.4) is 0 Å². The van der Waals surface area contributed by atoms with E-state index in [1.807, 2.05) is 0 Å². The highest BCUT2D eigenvalue weighted by Crippen LogP contribution is 2.39. The minimum absolute atomic E-state index is 0.181. The number of piperazine rings is 1. The summed E-state index contributed by atoms with van der Waals surface area (Å²) in [5.41, 5.74) is 3.21. The number of piperidine rings is 1. The van der Waals surface area contributed by atoms with Crippen molar-refractivity contribution in [3.63, 3.8) is 0 Å². The molecule has 6 nitrogen and oxygen atoms in total. The molecule has 2 N–H and O–H groups in total. The summed E-state index contributed by atoms with van der Waals surface area (Å²) < 4.78 is 44.7. The van der Waals surface area contributed by atoms with Crippen molar-refractivity contribution in [1.29, 1.82) is 0 Å². The molecule has 0 spiro atoms. The van der Waals surface area contributed by atoms with Crippen molar-refractivity contribution in [3.05, 3.63) is 64.2 Å². The molecule has 2 aliphatic heterocycles. The Balaban J connectivity index is 1.39. The van der Waals surface area contributed by atoms with Crippen molar-refractivity contribution in [2.24, 2.45) is 0 Å². The number of aliphatic hydroxyl groups is 1. The molecule has 2 aromatic rings. The normalized spacial score (nSPS) is 20.3. The fraction of sp³-hybridized carbons (Fsp3) is 0.552. The number of fused-ring (bicyclic) bond motifs is 1. The van der Waals surface area contributed by atoms with Gasteiger partial charge in [-0.2, -0.15) is 13.2 Å². The molecule has 0 unspecified atom stereocenters. The van der Waals surface area contributed by atoms with Crippen LogP contribution < -0.4 is 10.1 Å². The van der Waals surface area contributed by atoms with E-state index in [0.717, 1.165) is 68.8 Å². The average Bonchev–Trinajstić information content (AvgIpc) is 2.91. The fourth-order valence-corrected chi connectivity index (χ4v) is 5.65. The topological polar surface area (TPSA) is 65.0 Å². The molecule has 38 heavy (non-hydrogen) atoms. The molecule has 208 valence electrons. The Morgan fingerprint density at radius 2 is 1.82 bits per heavy atom. The smallest absolute Gasteiger partial charge is 0.416 e. The Morgan fingerprint density at radius 1 is 1.05 bits per heavy atom. The highest BCUT2D eigenvalue weighted by atomic mass is 19.4. The Morgan fingerprint density at radius 3 is 2.53 bits per heavy atom. The molecule has 9 heteroatoms. The first kappa shape index (κ1) is 28.4. The summed E-state index contributed by atoms with van der Waals surface area (Å²) in [5.74, 6) is 0.675. The average molecular weight is 534 g/mol. The van der Waals surface area contributed by atoms with Crippen LogP contribution in [0.2, 0.25) is 0 Å². The molecule has 0 bridgehead atoms. The number of alkyl halides is 3. The first-order chi connectivity index (χ1) is 18.2. The van der Waals surface area contributed by atoms with Crippen molar-refractivity contribution in [3.8, 4) is 5.75 Å². The molecule has 2 aromatic carbocycles. The second kappa shape index (κ2) is 12.5. The van der Waals surface area contributed by atoms with Crippen LogP contribution in [0, 0.1) is 13.8 Å². The van der Waals surface area contributed by atoms with Gasteiger partial charge < -0.3 is 20.1 Å². The maximum atomic E-state index is 13.1. The van der Waals surface area contributed by atoms with Gasteiger partial charge in [0, 0.05) is 50.4 Å². The SMILES string of the molecule is Cc1c(OCCNCCCO)ccc([C@H]2CCC[C@H]3CN(C(=O)c4ccc(C(F)(F)F)cc4)CCN32)c1C. The molecule has 2 heterocycles. The van der Waals surface area contributed by atoms with Gasteiger partial charge in [0.1, 0.15) is 12.4 Å². The number of hydrogen-bond acceptors (Lipinski definition) is 5. The van der Waals surface area contributed by atoms with Crippen LogP contribution in [0.4, 0.5) is 13.2 Å². The van der Waals surface area contributed by atoms with Crippen LogP contribution >= 0.6 is 0 Å². The van der Waals surface area contributed by atoms with Gasteiger partial charge in [0.25, 0.3) is 5.91 Å². The molecule has 2 atom stereocenters. The first-order valence-corrected chi connectivity index (χ1v) is 13.5. The summed E-state index contributed by atoms with van der Waals surface area (Å²) in [6.07, 6.45) is -0.575. The van der Waals surface area contributed by atoms with Crippen LogP contribution in [0.25, 0.3) is 0 Å². The van der Waals surface area contributed by atoms with E-state index in [0.29, 0.717) is 25.3 Å². The molecule has 2 fully saturated rings. The maximum Gasteiger partial charge on any atom is 0.416 e. The molecule has 4 rings (SSSR count). The third-order valence-electron chi connectivity index (χ3n) is 7.88. The number of halogens is 3. The zero-order valence-corrected chi connectivity index (χ0v) is 22.2. The number of carbonyl (C=O) groups is 1. The van der Waals surface area contributed by atoms with Crippen LogP contribution in [-0.2, 0) is 6.18 Å². The summed E-state index contributed by atoms with van der Waals surface area (Å²) in [6, 6.07) is 9.23. The van der Waals surface area contributed by atoms with Crippen LogP contribution in [0.15, 0.2) is 36.4 Å². The Labute approximate surface area is 222 Å². The summed E-state index contributed by atoms with van der Waals surface area (Å²) in [7, 11) is 0. The first-order valence-electron chi connectivity index (χ1n) is 13.5. The Kier molecular flexibility index (Phi) is 9.33. The van der Waals surface area contributed by atoms with Crippen molar-refractivity contribution in [1.82, 2.24) is 15.1 Å². The number of benzene rings is 2. The van der Waals surface area contributed by atoms with Crippen LogP contribution in [-0.4, -0.2) is 72.8 Å². The second-order valence-corrected chi connectivity index (χ2v) is 10.2. The number of amides is 1. The summed E-state index contributed by atoms with van der Waals surface area (Å²) >= 11 is 0. The van der Waals surface area contributed by atoms with Crippen molar-refractivity contribution in [2.45, 2.75) is 57.8 Å². The number of carbonyl (C=O) groups excluding carboxylic acids is 1. The lowest BCUT2D eigenvalue weighted by Crippen LogP contribution is -2.57. The predicted molar refractivity (Wildman–Crippen MR) is 140 cm³/mol. The van der Waals surface area contributed by atoms with E-state index < -0.39 is 11.7 Å². The molecule has 0 aromatic heterocycles. The second-order valence-electron chi connectivity index (χ2n) is 10.2. The molecular weight excluding hydrogens is 495 g/mol. The molecule has 0 radical (unpaired) electrons. The van der Waals surface area contributed by atoms with E-state index >= 15 is 0 Å². The quantitative estimate of drug-likeness (QED) is 0.457. The van der Waals surface area contributed by atoms with Crippen molar-refractivity contribution < 1.29 is 27.8 Å². The lowest BCUT2D eigenvalue weighted by Gasteiger charge is -2.49. The summed E-state index contributed by atoms with van der Waals surface area (Å²) in [6.45, 7) is 8.33. The highest BCUT2D eigenvalue weighted by molar-refractivity contribution is 5.94. The fourth-order valence-electron chi connectivity index (χ4n) is 5.65. The standard InChI is InChI=1S/C29H38F3N3O3/c1-20-21(2)27(38-18-14-33-13-4-17-36)12-11-25(20)26-6-3-5-24-19-34(15-16-35(24)26)28(37)22-7-9-23(10-8-22)29(30,31)32/h7-12,24,26,33,36H,3-6,13-19H2,1-2H3/t24-,26+/m0/s1. The van der Waals surface area contributed by atoms with E-state index in [4.69, 9.17) is 9.84 Å². The van der Waals surface area contributed by atoms with Gasteiger partial charge in [-0.1, -0.05) is 6.07 Å². The van der Waals surface area contributed by atoms with Gasteiger partial charge in [-0.15, -0.1) is 0 Å². The highest BCUT2D eigenvalue weighted by Gasteiger charge is 2.38. The number of nitrogens with zero attached hydrogens (tertiary/aromatic N) is 2.